The summed E-state index contributed by atoms with van der Waals surface area (Å²) in [5, 5.41) is 15.5. The highest BCUT2D eigenvalue weighted by atomic mass is 16.3. The average Bonchev–Trinajstić information content (AvgIpc) is 3.21. The lowest BCUT2D eigenvalue weighted by molar-refractivity contribution is -0.137. The Labute approximate surface area is 166 Å². The van der Waals surface area contributed by atoms with Crippen molar-refractivity contribution in [2.75, 3.05) is 13.6 Å². The third-order valence-corrected chi connectivity index (χ3v) is 5.06. The monoisotopic (exact) mass is 389 g/mol. The number of nitrogens with two attached hydrogens (primary N) is 1. The molecule has 1 fully saturated rings. The zero-order chi connectivity index (χ0) is 20.8. The number of aromatic nitrogens is 3. The molecular weight excluding hydrogens is 370 g/mol. The largest absolute Gasteiger partial charge is 0.369 e. The molecule has 0 bridgehead atoms. The third-order valence-electron chi connectivity index (χ3n) is 5.06. The van der Waals surface area contributed by atoms with E-state index >= 15 is 0 Å². The van der Waals surface area contributed by atoms with Gasteiger partial charge in [0.1, 0.15) is 5.69 Å². The zero-order valence-corrected chi connectivity index (χ0v) is 16.0. The molecule has 29 heavy (non-hydrogen) atoms. The molecule has 1 atom stereocenters. The molecule has 3 heterocycles. The van der Waals surface area contributed by atoms with Gasteiger partial charge < -0.3 is 15.7 Å². The molecule has 3 aromatic rings. The van der Waals surface area contributed by atoms with Gasteiger partial charge in [-0.05, 0) is 18.2 Å². The Morgan fingerprint density at radius 2 is 2.10 bits per heavy atom. The Bertz CT molecular complexity index is 1220. The number of aliphatic hydroxyl groups is 1. The summed E-state index contributed by atoms with van der Waals surface area (Å²) in [5.74, 6) is 4.58. The number of likely N-dealkylation sites (N-methyl/N-ethyl adjacent to an activating group) is 1. The summed E-state index contributed by atoms with van der Waals surface area (Å²) in [6, 6.07) is 8.82. The van der Waals surface area contributed by atoms with Gasteiger partial charge in [-0.25, -0.2) is 4.98 Å². The molecule has 1 aromatic carbocycles. The average molecular weight is 389 g/mol. The predicted octanol–water partition coefficient (Wildman–Crippen LogP) is 0.679. The van der Waals surface area contributed by atoms with Crippen molar-refractivity contribution in [2.24, 2.45) is 12.8 Å². The van der Waals surface area contributed by atoms with Crippen LogP contribution in [-0.2, 0) is 11.8 Å². The molecule has 0 radical (unpaired) electrons. The van der Waals surface area contributed by atoms with E-state index in [4.69, 9.17) is 5.73 Å². The number of pyridine rings is 1. The van der Waals surface area contributed by atoms with E-state index in [9.17, 15) is 14.7 Å². The van der Waals surface area contributed by atoms with E-state index in [1.54, 1.807) is 49.2 Å². The molecule has 2 aromatic heterocycles. The van der Waals surface area contributed by atoms with Crippen LogP contribution in [-0.4, -0.2) is 55.8 Å². The first kappa shape index (κ1) is 18.7. The van der Waals surface area contributed by atoms with E-state index in [1.165, 1.54) is 4.90 Å². The molecule has 8 nitrogen and oxygen atoms in total. The maximum Gasteiger partial charge on any atom is 0.267 e. The minimum absolute atomic E-state index is 0.140. The van der Waals surface area contributed by atoms with E-state index < -0.39 is 17.4 Å². The fraction of sp³-hybridized carbons (Fsp3) is 0.238. The Hall–Kier alpha value is -3.70. The maximum atomic E-state index is 12.1. The van der Waals surface area contributed by atoms with Crippen LogP contribution in [0.2, 0.25) is 0 Å². The molecule has 1 aliphatic heterocycles. The second-order valence-electron chi connectivity index (χ2n) is 7.09. The number of primary amides is 1. The van der Waals surface area contributed by atoms with Crippen LogP contribution in [0.4, 0.5) is 0 Å². The van der Waals surface area contributed by atoms with Gasteiger partial charge in [0.15, 0.2) is 0 Å². The normalized spacial score (nSPS) is 18.7. The fourth-order valence-corrected chi connectivity index (χ4v) is 3.38. The Balaban J connectivity index is 1.79. The van der Waals surface area contributed by atoms with Gasteiger partial charge in [0.05, 0.1) is 17.4 Å². The summed E-state index contributed by atoms with van der Waals surface area (Å²) in [6.07, 6.45) is 1.95. The molecule has 3 N–H and O–H groups in total. The summed E-state index contributed by atoms with van der Waals surface area (Å²) in [6.45, 7) is 0.465. The van der Waals surface area contributed by atoms with Crippen LogP contribution in [0.25, 0.3) is 22.2 Å². The van der Waals surface area contributed by atoms with Crippen LogP contribution in [0.5, 0.6) is 0 Å². The highest BCUT2D eigenvalue weighted by Gasteiger charge is 2.42. The number of nitrogens with zero attached hydrogens (tertiary/aromatic N) is 4. The second-order valence-corrected chi connectivity index (χ2v) is 7.09. The SMILES string of the molecule is CN1CCC(O)(C#Cc2cccc(-c3nc(C(N)=O)cc4c3cnn4C)c2)C1=O. The number of aryl methyl sites for hydroxylation is 1. The van der Waals surface area contributed by atoms with E-state index in [0.717, 1.165) is 16.5 Å². The lowest BCUT2D eigenvalue weighted by Gasteiger charge is -2.13. The number of hydrogen-bond acceptors (Lipinski definition) is 5. The van der Waals surface area contributed by atoms with Crippen LogP contribution in [0, 0.1) is 11.8 Å². The molecule has 146 valence electrons. The van der Waals surface area contributed by atoms with Crippen molar-refractivity contribution in [1.29, 1.82) is 0 Å². The number of hydrogen-bond donors (Lipinski definition) is 2. The number of fused-ring (bicyclic) bond motifs is 1. The number of likely N-dealkylation sites (tertiary alicyclic amines) is 1. The van der Waals surface area contributed by atoms with Crippen LogP contribution in [0.3, 0.4) is 0 Å². The summed E-state index contributed by atoms with van der Waals surface area (Å²) in [4.78, 5) is 29.7. The number of rotatable bonds is 2. The lowest BCUT2D eigenvalue weighted by atomic mass is 10.0. The summed E-state index contributed by atoms with van der Waals surface area (Å²) < 4.78 is 1.65. The molecule has 0 saturated carbocycles. The van der Waals surface area contributed by atoms with Crippen LogP contribution >= 0.6 is 0 Å². The topological polar surface area (TPSA) is 114 Å². The smallest absolute Gasteiger partial charge is 0.267 e. The summed E-state index contributed by atoms with van der Waals surface area (Å²) in [7, 11) is 3.41. The quantitative estimate of drug-likeness (QED) is 0.626. The first-order valence-electron chi connectivity index (χ1n) is 9.02. The number of carbonyl (C=O) groups excluding carboxylic acids is 2. The minimum atomic E-state index is -1.66. The van der Waals surface area contributed by atoms with Crippen molar-refractivity contribution in [3.63, 3.8) is 0 Å². The first-order chi connectivity index (χ1) is 13.8. The van der Waals surface area contributed by atoms with Gasteiger partial charge in [0, 0.05) is 43.6 Å². The van der Waals surface area contributed by atoms with Gasteiger partial charge >= 0.3 is 0 Å². The van der Waals surface area contributed by atoms with E-state index in [2.05, 4.69) is 21.9 Å². The highest BCUT2D eigenvalue weighted by molar-refractivity contribution is 5.99. The molecule has 1 unspecified atom stereocenters. The molecule has 1 aliphatic rings. The Kier molecular flexibility index (Phi) is 4.32. The molecule has 8 heteroatoms. The number of benzene rings is 1. The van der Waals surface area contributed by atoms with Crippen LogP contribution in [0.1, 0.15) is 22.5 Å². The molecule has 2 amide bonds. The van der Waals surface area contributed by atoms with E-state index in [1.807, 2.05) is 6.07 Å². The summed E-state index contributed by atoms with van der Waals surface area (Å²) in [5.41, 5.74) is 6.54. The zero-order valence-electron chi connectivity index (χ0n) is 16.0. The molecule has 4 rings (SSSR count). The van der Waals surface area contributed by atoms with E-state index in [-0.39, 0.29) is 12.1 Å². The Morgan fingerprint density at radius 3 is 2.79 bits per heavy atom. The van der Waals surface area contributed by atoms with Crippen molar-refractivity contribution >= 4 is 22.7 Å². The van der Waals surface area contributed by atoms with E-state index in [0.29, 0.717) is 17.8 Å². The van der Waals surface area contributed by atoms with Gasteiger partial charge in [-0.15, -0.1) is 0 Å². The van der Waals surface area contributed by atoms with Crippen molar-refractivity contribution < 1.29 is 14.7 Å². The number of carbonyl (C=O) groups is 2. The fourth-order valence-electron chi connectivity index (χ4n) is 3.38. The number of amides is 2. The standard InChI is InChI=1S/C21H19N5O3/c1-25-9-8-21(29,20(25)28)7-6-13-4-3-5-14(10-13)18-15-12-23-26(2)17(15)11-16(24-18)19(22)27/h3-5,10-12,29H,8-9H2,1-2H3,(H2,22,27). The van der Waals surface area contributed by atoms with Gasteiger partial charge in [0.25, 0.3) is 11.8 Å². The molecule has 0 aliphatic carbocycles. The van der Waals surface area contributed by atoms with Crippen molar-refractivity contribution in [3.8, 4) is 23.1 Å². The maximum absolute atomic E-state index is 12.1. The Morgan fingerprint density at radius 1 is 1.31 bits per heavy atom. The van der Waals surface area contributed by atoms with Crippen LogP contribution in [0.15, 0.2) is 36.5 Å². The van der Waals surface area contributed by atoms with Crippen LogP contribution < -0.4 is 5.73 Å². The highest BCUT2D eigenvalue weighted by Crippen LogP contribution is 2.28. The van der Waals surface area contributed by atoms with Crippen molar-refractivity contribution in [2.45, 2.75) is 12.0 Å². The first-order valence-corrected chi connectivity index (χ1v) is 9.02. The van der Waals surface area contributed by atoms with Crippen molar-refractivity contribution in [1.82, 2.24) is 19.7 Å². The van der Waals surface area contributed by atoms with Crippen molar-refractivity contribution in [3.05, 3.63) is 47.8 Å². The predicted molar refractivity (Wildman–Crippen MR) is 107 cm³/mol. The lowest BCUT2D eigenvalue weighted by Crippen LogP contribution is -2.37. The molecule has 0 spiro atoms. The van der Waals surface area contributed by atoms with Gasteiger partial charge in [-0.1, -0.05) is 24.0 Å². The summed E-state index contributed by atoms with van der Waals surface area (Å²) >= 11 is 0. The minimum Gasteiger partial charge on any atom is -0.369 e. The molecular formula is C21H19N5O3. The van der Waals surface area contributed by atoms with Gasteiger partial charge in [-0.3, -0.25) is 14.3 Å². The second kappa shape index (κ2) is 6.72. The third kappa shape index (κ3) is 3.22. The van der Waals surface area contributed by atoms with Gasteiger partial charge in [0.2, 0.25) is 5.60 Å². The molecule has 1 saturated heterocycles. The van der Waals surface area contributed by atoms with Gasteiger partial charge in [-0.2, -0.15) is 5.10 Å².